The van der Waals surface area contributed by atoms with Gasteiger partial charge in [-0.25, -0.2) is 9.97 Å². The van der Waals surface area contributed by atoms with E-state index in [9.17, 15) is 4.79 Å². The van der Waals surface area contributed by atoms with Crippen molar-refractivity contribution >= 4 is 11.9 Å². The molecular formula is C20H19N5O. The smallest absolute Gasteiger partial charge is 0.258 e. The fraction of sp³-hybridized carbons (Fsp3) is 0.200. The lowest BCUT2D eigenvalue weighted by Crippen LogP contribution is -2.31. The van der Waals surface area contributed by atoms with Gasteiger partial charge in [0.15, 0.2) is 0 Å². The van der Waals surface area contributed by atoms with Gasteiger partial charge in [0.25, 0.3) is 5.91 Å². The molecule has 4 rings (SSSR count). The van der Waals surface area contributed by atoms with E-state index in [1.54, 1.807) is 6.20 Å². The number of hydrogen-bond acceptors (Lipinski definition) is 5. The highest BCUT2D eigenvalue weighted by atomic mass is 16.2. The summed E-state index contributed by atoms with van der Waals surface area (Å²) < 4.78 is 0. The van der Waals surface area contributed by atoms with Crippen molar-refractivity contribution in [2.75, 3.05) is 12.3 Å². The van der Waals surface area contributed by atoms with Gasteiger partial charge >= 0.3 is 0 Å². The maximum absolute atomic E-state index is 13.3. The van der Waals surface area contributed by atoms with Gasteiger partial charge in [0.05, 0.1) is 23.0 Å². The largest absolute Gasteiger partial charge is 0.368 e. The summed E-state index contributed by atoms with van der Waals surface area (Å²) in [6, 6.07) is 15.4. The van der Waals surface area contributed by atoms with Crippen LogP contribution in [0.1, 0.15) is 34.9 Å². The van der Waals surface area contributed by atoms with Gasteiger partial charge in [0.1, 0.15) is 0 Å². The standard InChI is InChI=1S/C20H19N5O/c21-20-23-13-15(18(24-20)14-7-2-1-3-8-14)19(26)25-12-6-10-17(25)16-9-4-5-11-22-16/h1-5,7-9,11,13,17H,6,10,12H2,(H2,21,23,24)/t17-/m1/s1. The molecule has 1 atom stereocenters. The zero-order valence-corrected chi connectivity index (χ0v) is 14.2. The SMILES string of the molecule is Nc1ncc(C(=O)N2CCC[C@@H]2c2ccccn2)c(-c2ccccc2)n1. The lowest BCUT2D eigenvalue weighted by Gasteiger charge is -2.25. The average molecular weight is 345 g/mol. The van der Waals surface area contributed by atoms with E-state index in [0.717, 1.165) is 24.1 Å². The molecule has 3 aromatic rings. The summed E-state index contributed by atoms with van der Waals surface area (Å²) in [5.41, 5.74) is 8.57. The molecule has 0 bridgehead atoms. The molecule has 1 fully saturated rings. The van der Waals surface area contributed by atoms with E-state index in [-0.39, 0.29) is 17.9 Å². The summed E-state index contributed by atoms with van der Waals surface area (Å²) in [6.07, 6.45) is 5.14. The molecule has 1 aromatic carbocycles. The number of nitrogen functional groups attached to an aromatic ring is 1. The molecule has 1 saturated heterocycles. The van der Waals surface area contributed by atoms with Crippen LogP contribution < -0.4 is 5.73 Å². The van der Waals surface area contributed by atoms with Gasteiger partial charge in [-0.3, -0.25) is 9.78 Å². The van der Waals surface area contributed by atoms with E-state index in [1.165, 1.54) is 6.20 Å². The van der Waals surface area contributed by atoms with Crippen molar-refractivity contribution in [2.45, 2.75) is 18.9 Å². The molecule has 6 nitrogen and oxygen atoms in total. The van der Waals surface area contributed by atoms with Gasteiger partial charge in [0, 0.05) is 24.5 Å². The molecule has 130 valence electrons. The van der Waals surface area contributed by atoms with Gasteiger partial charge in [-0.05, 0) is 25.0 Å². The number of carbonyl (C=O) groups excluding carboxylic acids is 1. The van der Waals surface area contributed by atoms with Crippen LogP contribution in [-0.4, -0.2) is 32.3 Å². The second-order valence-corrected chi connectivity index (χ2v) is 6.27. The molecule has 0 radical (unpaired) electrons. The summed E-state index contributed by atoms with van der Waals surface area (Å²) in [4.78, 5) is 28.0. The van der Waals surface area contributed by atoms with Gasteiger partial charge in [-0.1, -0.05) is 36.4 Å². The predicted octanol–water partition coefficient (Wildman–Crippen LogP) is 3.10. The molecule has 1 amide bonds. The summed E-state index contributed by atoms with van der Waals surface area (Å²) in [5.74, 6) is 0.0695. The number of amides is 1. The zero-order valence-electron chi connectivity index (χ0n) is 14.2. The number of rotatable bonds is 3. The zero-order chi connectivity index (χ0) is 17.9. The Hall–Kier alpha value is -3.28. The number of benzene rings is 1. The van der Waals surface area contributed by atoms with Crippen molar-refractivity contribution in [1.82, 2.24) is 19.9 Å². The first-order valence-electron chi connectivity index (χ1n) is 8.64. The van der Waals surface area contributed by atoms with E-state index in [1.807, 2.05) is 53.4 Å². The fourth-order valence-corrected chi connectivity index (χ4v) is 3.41. The Balaban J connectivity index is 1.73. The Kier molecular flexibility index (Phi) is 4.31. The Morgan fingerprint density at radius 1 is 1.08 bits per heavy atom. The van der Waals surface area contributed by atoms with Crippen LogP contribution in [0.2, 0.25) is 0 Å². The molecule has 26 heavy (non-hydrogen) atoms. The summed E-state index contributed by atoms with van der Waals surface area (Å²) in [6.45, 7) is 0.693. The number of hydrogen-bond donors (Lipinski definition) is 1. The van der Waals surface area contributed by atoms with Crippen molar-refractivity contribution in [3.8, 4) is 11.3 Å². The van der Waals surface area contributed by atoms with Gasteiger partial charge in [0.2, 0.25) is 5.95 Å². The lowest BCUT2D eigenvalue weighted by atomic mass is 10.1. The number of likely N-dealkylation sites (tertiary alicyclic amines) is 1. The molecule has 0 saturated carbocycles. The van der Waals surface area contributed by atoms with Crippen LogP contribution in [0.4, 0.5) is 5.95 Å². The lowest BCUT2D eigenvalue weighted by molar-refractivity contribution is 0.0733. The molecule has 0 aliphatic carbocycles. The first-order chi connectivity index (χ1) is 12.7. The minimum atomic E-state index is -0.0861. The average Bonchev–Trinajstić information content (AvgIpc) is 3.19. The normalized spacial score (nSPS) is 16.6. The highest BCUT2D eigenvalue weighted by Crippen LogP contribution is 2.33. The van der Waals surface area contributed by atoms with Crippen LogP contribution in [-0.2, 0) is 0 Å². The Labute approximate surface area is 151 Å². The van der Waals surface area contributed by atoms with Crippen LogP contribution in [0.15, 0.2) is 60.9 Å². The maximum Gasteiger partial charge on any atom is 0.258 e. The molecule has 1 aliphatic rings. The molecule has 1 aliphatic heterocycles. The fourth-order valence-electron chi connectivity index (χ4n) is 3.41. The summed E-state index contributed by atoms with van der Waals surface area (Å²) in [7, 11) is 0. The van der Waals surface area contributed by atoms with E-state index in [4.69, 9.17) is 5.73 Å². The number of nitrogens with two attached hydrogens (primary N) is 1. The number of aromatic nitrogens is 3. The van der Waals surface area contributed by atoms with Crippen LogP contribution in [0.3, 0.4) is 0 Å². The van der Waals surface area contributed by atoms with E-state index in [0.29, 0.717) is 17.8 Å². The third-order valence-electron chi connectivity index (χ3n) is 4.63. The van der Waals surface area contributed by atoms with Gasteiger partial charge in [-0.2, -0.15) is 0 Å². The minimum absolute atomic E-state index is 0.0233. The van der Waals surface area contributed by atoms with Crippen LogP contribution in [0.25, 0.3) is 11.3 Å². The van der Waals surface area contributed by atoms with Crippen molar-refractivity contribution in [3.05, 3.63) is 72.2 Å². The van der Waals surface area contributed by atoms with E-state index < -0.39 is 0 Å². The van der Waals surface area contributed by atoms with E-state index in [2.05, 4.69) is 15.0 Å². The molecule has 2 N–H and O–H groups in total. The third-order valence-corrected chi connectivity index (χ3v) is 4.63. The summed E-state index contributed by atoms with van der Waals surface area (Å²) in [5, 5.41) is 0. The van der Waals surface area contributed by atoms with Crippen molar-refractivity contribution < 1.29 is 4.79 Å². The maximum atomic E-state index is 13.3. The second-order valence-electron chi connectivity index (χ2n) is 6.27. The molecular weight excluding hydrogens is 326 g/mol. The Morgan fingerprint density at radius 3 is 2.65 bits per heavy atom. The molecule has 2 aromatic heterocycles. The third kappa shape index (κ3) is 3.01. The monoisotopic (exact) mass is 345 g/mol. The number of anilines is 1. The summed E-state index contributed by atoms with van der Waals surface area (Å²) >= 11 is 0. The highest BCUT2D eigenvalue weighted by molar-refractivity contribution is 6.00. The van der Waals surface area contributed by atoms with Crippen LogP contribution in [0, 0.1) is 0 Å². The predicted molar refractivity (Wildman–Crippen MR) is 99.1 cm³/mol. The van der Waals surface area contributed by atoms with Crippen molar-refractivity contribution in [2.24, 2.45) is 0 Å². The molecule has 0 unspecified atom stereocenters. The van der Waals surface area contributed by atoms with Crippen molar-refractivity contribution in [3.63, 3.8) is 0 Å². The molecule has 0 spiro atoms. The highest BCUT2D eigenvalue weighted by Gasteiger charge is 2.33. The van der Waals surface area contributed by atoms with Crippen LogP contribution >= 0.6 is 0 Å². The molecule has 3 heterocycles. The second kappa shape index (κ2) is 6.92. The quantitative estimate of drug-likeness (QED) is 0.788. The Bertz CT molecular complexity index is 914. The van der Waals surface area contributed by atoms with Gasteiger partial charge in [-0.15, -0.1) is 0 Å². The molecule has 6 heteroatoms. The van der Waals surface area contributed by atoms with Crippen LogP contribution in [0.5, 0.6) is 0 Å². The number of nitrogens with zero attached hydrogens (tertiary/aromatic N) is 4. The van der Waals surface area contributed by atoms with E-state index >= 15 is 0 Å². The first kappa shape index (κ1) is 16.2. The Morgan fingerprint density at radius 2 is 1.88 bits per heavy atom. The first-order valence-corrected chi connectivity index (χ1v) is 8.64. The number of pyridine rings is 1. The number of carbonyl (C=O) groups is 1. The van der Waals surface area contributed by atoms with Gasteiger partial charge < -0.3 is 10.6 Å². The minimum Gasteiger partial charge on any atom is -0.368 e. The topological polar surface area (TPSA) is 85.0 Å². The van der Waals surface area contributed by atoms with Crippen molar-refractivity contribution in [1.29, 1.82) is 0 Å².